The molecule has 0 aliphatic carbocycles. The van der Waals surface area contributed by atoms with Crippen molar-refractivity contribution in [2.24, 2.45) is 11.8 Å². The molecule has 1 rings (SSSR count). The lowest BCUT2D eigenvalue weighted by atomic mass is 9.92. The Balaban J connectivity index is 2.70. The lowest BCUT2D eigenvalue weighted by Gasteiger charge is -2.35. The van der Waals surface area contributed by atoms with Crippen LogP contribution in [-0.2, 0) is 9.47 Å². The molecule has 1 saturated heterocycles. The molecule has 0 aromatic carbocycles. The highest BCUT2D eigenvalue weighted by atomic mass is 16.7. The van der Waals surface area contributed by atoms with E-state index in [1.165, 1.54) is 0 Å². The quantitative estimate of drug-likeness (QED) is 0.612. The first-order valence-electron chi connectivity index (χ1n) is 4.37. The van der Waals surface area contributed by atoms with Gasteiger partial charge in [-0.1, -0.05) is 27.7 Å². The van der Waals surface area contributed by atoms with Crippen LogP contribution in [0.15, 0.2) is 0 Å². The molecule has 0 spiro atoms. The molecule has 2 nitrogen and oxygen atoms in total. The summed E-state index contributed by atoms with van der Waals surface area (Å²) in [5.41, 5.74) is 0. The van der Waals surface area contributed by atoms with Gasteiger partial charge in [-0.2, -0.15) is 0 Å². The summed E-state index contributed by atoms with van der Waals surface area (Å²) >= 11 is 0. The number of rotatable bonds is 2. The largest absolute Gasteiger partial charge is 0.347 e. The van der Waals surface area contributed by atoms with Gasteiger partial charge in [0.25, 0.3) is 0 Å². The molecule has 11 heavy (non-hydrogen) atoms. The Morgan fingerprint density at radius 1 is 0.909 bits per heavy atom. The first kappa shape index (κ1) is 9.01. The molecule has 1 fully saturated rings. The lowest BCUT2D eigenvalue weighted by Crippen LogP contribution is -2.41. The van der Waals surface area contributed by atoms with E-state index in [4.69, 9.17) is 9.47 Å². The minimum atomic E-state index is -0.306. The Labute approximate surface area is 68.9 Å². The van der Waals surface area contributed by atoms with E-state index < -0.39 is 0 Å². The first-order chi connectivity index (χ1) is 5.09. The van der Waals surface area contributed by atoms with Crippen molar-refractivity contribution in [3.8, 4) is 0 Å². The molecule has 0 radical (unpaired) electrons. The van der Waals surface area contributed by atoms with Gasteiger partial charge in [-0.3, -0.25) is 0 Å². The molecule has 0 unspecified atom stereocenters. The van der Waals surface area contributed by atoms with Crippen LogP contribution in [0.5, 0.6) is 0 Å². The molecule has 0 aromatic heterocycles. The predicted molar refractivity (Wildman–Crippen MR) is 44.3 cm³/mol. The second-order valence-electron chi connectivity index (χ2n) is 3.73. The third kappa shape index (κ3) is 1.42. The first-order valence-corrected chi connectivity index (χ1v) is 4.37. The second-order valence-corrected chi connectivity index (χ2v) is 3.73. The van der Waals surface area contributed by atoms with Gasteiger partial charge in [0.15, 0.2) is 5.79 Å². The third-order valence-corrected chi connectivity index (χ3v) is 2.35. The molecule has 0 saturated carbocycles. The maximum atomic E-state index is 5.64. The van der Waals surface area contributed by atoms with Crippen LogP contribution in [0.2, 0.25) is 0 Å². The molecule has 1 heterocycles. The van der Waals surface area contributed by atoms with Crippen molar-refractivity contribution >= 4 is 0 Å². The van der Waals surface area contributed by atoms with Gasteiger partial charge in [0.1, 0.15) is 0 Å². The highest BCUT2D eigenvalue weighted by Crippen LogP contribution is 2.34. The van der Waals surface area contributed by atoms with Crippen molar-refractivity contribution in [3.05, 3.63) is 0 Å². The van der Waals surface area contributed by atoms with Gasteiger partial charge in [-0.25, -0.2) is 0 Å². The van der Waals surface area contributed by atoms with Crippen LogP contribution in [0.25, 0.3) is 0 Å². The van der Waals surface area contributed by atoms with Gasteiger partial charge >= 0.3 is 0 Å². The smallest absolute Gasteiger partial charge is 0.172 e. The summed E-state index contributed by atoms with van der Waals surface area (Å²) in [6.07, 6.45) is 0. The highest BCUT2D eigenvalue weighted by Gasteiger charge is 2.42. The summed E-state index contributed by atoms with van der Waals surface area (Å²) < 4.78 is 11.3. The molecule has 0 bridgehead atoms. The van der Waals surface area contributed by atoms with Crippen molar-refractivity contribution < 1.29 is 9.47 Å². The van der Waals surface area contributed by atoms with Gasteiger partial charge in [-0.05, 0) is 0 Å². The van der Waals surface area contributed by atoms with E-state index in [0.717, 1.165) is 13.2 Å². The summed E-state index contributed by atoms with van der Waals surface area (Å²) in [6, 6.07) is 0. The summed E-state index contributed by atoms with van der Waals surface area (Å²) in [4.78, 5) is 0. The Hall–Kier alpha value is -0.0800. The normalized spacial score (nSPS) is 23.5. The molecule has 1 aliphatic rings. The van der Waals surface area contributed by atoms with Gasteiger partial charge in [-0.15, -0.1) is 0 Å². The van der Waals surface area contributed by atoms with Crippen molar-refractivity contribution in [3.63, 3.8) is 0 Å². The maximum Gasteiger partial charge on any atom is 0.172 e. The Morgan fingerprint density at radius 2 is 1.27 bits per heavy atom. The number of ether oxygens (including phenoxy) is 2. The fourth-order valence-electron chi connectivity index (χ4n) is 1.78. The Bertz CT molecular complexity index is 114. The molecule has 0 amide bonds. The van der Waals surface area contributed by atoms with E-state index in [-0.39, 0.29) is 5.79 Å². The summed E-state index contributed by atoms with van der Waals surface area (Å²) in [7, 11) is 0. The third-order valence-electron chi connectivity index (χ3n) is 2.35. The van der Waals surface area contributed by atoms with Crippen molar-refractivity contribution in [1.82, 2.24) is 0 Å². The van der Waals surface area contributed by atoms with Crippen LogP contribution in [0, 0.1) is 11.8 Å². The van der Waals surface area contributed by atoms with Crippen LogP contribution in [0.4, 0.5) is 0 Å². The van der Waals surface area contributed by atoms with Gasteiger partial charge < -0.3 is 9.47 Å². The summed E-state index contributed by atoms with van der Waals surface area (Å²) in [6.45, 7) is 10.1. The number of hydrogen-bond acceptors (Lipinski definition) is 2. The van der Waals surface area contributed by atoms with Crippen LogP contribution in [-0.4, -0.2) is 19.0 Å². The Morgan fingerprint density at radius 3 is 1.45 bits per heavy atom. The van der Waals surface area contributed by atoms with Crippen LogP contribution in [0.3, 0.4) is 0 Å². The van der Waals surface area contributed by atoms with Crippen LogP contribution < -0.4 is 0 Å². The van der Waals surface area contributed by atoms with Crippen molar-refractivity contribution in [2.75, 3.05) is 13.2 Å². The molecule has 0 atom stereocenters. The monoisotopic (exact) mass is 158 g/mol. The average Bonchev–Trinajstić information content (AvgIpc) is 2.34. The standard InChI is InChI=1S/C9H18O2/c1-7(2)9(8(3)4)10-5-6-11-9/h7-8H,5-6H2,1-4H3. The Kier molecular flexibility index (Phi) is 2.55. The molecule has 0 aromatic rings. The van der Waals surface area contributed by atoms with Crippen LogP contribution >= 0.6 is 0 Å². The fourth-order valence-corrected chi connectivity index (χ4v) is 1.78. The predicted octanol–water partition coefficient (Wildman–Crippen LogP) is 2.04. The van der Waals surface area contributed by atoms with Gasteiger partial charge in [0.2, 0.25) is 0 Å². The zero-order valence-corrected chi connectivity index (χ0v) is 7.89. The molecule has 2 heteroatoms. The second kappa shape index (κ2) is 3.11. The molecule has 66 valence electrons. The zero-order chi connectivity index (χ0) is 8.48. The summed E-state index contributed by atoms with van der Waals surface area (Å²) in [5, 5.41) is 0. The minimum Gasteiger partial charge on any atom is -0.347 e. The van der Waals surface area contributed by atoms with Crippen LogP contribution in [0.1, 0.15) is 27.7 Å². The molecule has 1 aliphatic heterocycles. The number of hydrogen-bond donors (Lipinski definition) is 0. The average molecular weight is 158 g/mol. The van der Waals surface area contributed by atoms with Crippen molar-refractivity contribution in [2.45, 2.75) is 33.5 Å². The van der Waals surface area contributed by atoms with Gasteiger partial charge in [0.05, 0.1) is 13.2 Å². The SMILES string of the molecule is CC(C)C1(C(C)C)OCCO1. The highest BCUT2D eigenvalue weighted by molar-refractivity contribution is 4.80. The van der Waals surface area contributed by atoms with E-state index in [2.05, 4.69) is 27.7 Å². The molecular formula is C9H18O2. The lowest BCUT2D eigenvalue weighted by molar-refractivity contribution is -0.216. The minimum absolute atomic E-state index is 0.306. The molecule has 0 N–H and O–H groups in total. The van der Waals surface area contributed by atoms with Gasteiger partial charge in [0, 0.05) is 11.8 Å². The zero-order valence-electron chi connectivity index (χ0n) is 7.89. The fraction of sp³-hybridized carbons (Fsp3) is 1.00. The van der Waals surface area contributed by atoms with Crippen molar-refractivity contribution in [1.29, 1.82) is 0 Å². The van der Waals surface area contributed by atoms with E-state index >= 15 is 0 Å². The molecular weight excluding hydrogens is 140 g/mol. The maximum absolute atomic E-state index is 5.64. The van der Waals surface area contributed by atoms with E-state index in [9.17, 15) is 0 Å². The van der Waals surface area contributed by atoms with E-state index in [1.807, 2.05) is 0 Å². The topological polar surface area (TPSA) is 18.5 Å². The summed E-state index contributed by atoms with van der Waals surface area (Å²) in [5.74, 6) is 0.565. The van der Waals surface area contributed by atoms with E-state index in [0.29, 0.717) is 11.8 Å². The van der Waals surface area contributed by atoms with E-state index in [1.54, 1.807) is 0 Å².